The molecular weight excluding hydrogens is 188 g/mol. The van der Waals surface area contributed by atoms with Crippen LogP contribution in [0.5, 0.6) is 0 Å². The second-order valence-corrected chi connectivity index (χ2v) is 3.59. The van der Waals surface area contributed by atoms with E-state index in [-0.39, 0.29) is 5.91 Å². The van der Waals surface area contributed by atoms with Crippen LogP contribution in [-0.2, 0) is 4.79 Å². The first kappa shape index (κ1) is 11.7. The summed E-state index contributed by atoms with van der Waals surface area (Å²) in [4.78, 5) is 11.4. The number of aryl methyl sites for hydroxylation is 1. The second-order valence-electron chi connectivity index (χ2n) is 3.59. The van der Waals surface area contributed by atoms with Gasteiger partial charge in [-0.2, -0.15) is 0 Å². The van der Waals surface area contributed by atoms with Gasteiger partial charge in [-0.15, -0.1) is 0 Å². The van der Waals surface area contributed by atoms with Crippen LogP contribution in [0.15, 0.2) is 24.3 Å². The van der Waals surface area contributed by atoms with Crippen LogP contribution in [0.25, 0.3) is 0 Å². The Hall–Kier alpha value is -1.35. The Kier molecular flexibility index (Phi) is 4.84. The number of nitrogens with one attached hydrogen (secondary N) is 2. The van der Waals surface area contributed by atoms with Gasteiger partial charge in [-0.1, -0.05) is 24.6 Å². The van der Waals surface area contributed by atoms with Gasteiger partial charge >= 0.3 is 0 Å². The minimum atomic E-state index is 0.00676. The summed E-state index contributed by atoms with van der Waals surface area (Å²) in [5.41, 5.74) is 2.04. The highest BCUT2D eigenvalue weighted by atomic mass is 16.1. The highest BCUT2D eigenvalue weighted by Crippen LogP contribution is 2.07. The van der Waals surface area contributed by atoms with Crippen LogP contribution in [0.1, 0.15) is 18.9 Å². The van der Waals surface area contributed by atoms with E-state index < -0.39 is 0 Å². The number of hydrogen-bond donors (Lipinski definition) is 2. The molecule has 0 aliphatic rings. The predicted molar refractivity (Wildman–Crippen MR) is 63.0 cm³/mol. The topological polar surface area (TPSA) is 41.1 Å². The number of rotatable bonds is 5. The molecule has 0 fully saturated rings. The van der Waals surface area contributed by atoms with Gasteiger partial charge in [-0.3, -0.25) is 4.79 Å². The Bertz CT molecular complexity index is 306. The Morgan fingerprint density at radius 1 is 1.27 bits per heavy atom. The number of carbonyl (C=O) groups excluding carboxylic acids is 1. The molecule has 1 rings (SSSR count). The van der Waals surface area contributed by atoms with Crippen LogP contribution in [0.2, 0.25) is 0 Å². The molecule has 0 saturated carbocycles. The molecule has 3 nitrogen and oxygen atoms in total. The van der Waals surface area contributed by atoms with E-state index in [1.165, 1.54) is 5.56 Å². The van der Waals surface area contributed by atoms with E-state index in [9.17, 15) is 4.79 Å². The molecule has 0 aliphatic heterocycles. The van der Waals surface area contributed by atoms with Crippen LogP contribution in [0.4, 0.5) is 5.69 Å². The van der Waals surface area contributed by atoms with Gasteiger partial charge in [-0.25, -0.2) is 0 Å². The Labute approximate surface area is 90.9 Å². The van der Waals surface area contributed by atoms with Crippen molar-refractivity contribution in [3.8, 4) is 0 Å². The third-order valence-corrected chi connectivity index (χ3v) is 2.05. The zero-order chi connectivity index (χ0) is 11.1. The fourth-order valence-electron chi connectivity index (χ4n) is 1.22. The molecule has 0 atom stereocenters. The maximum absolute atomic E-state index is 11.4. The average Bonchev–Trinajstić information content (AvgIpc) is 2.22. The van der Waals surface area contributed by atoms with E-state index in [2.05, 4.69) is 17.6 Å². The molecule has 0 spiro atoms. The van der Waals surface area contributed by atoms with E-state index in [1.807, 2.05) is 31.2 Å². The van der Waals surface area contributed by atoms with Crippen LogP contribution in [0.3, 0.4) is 0 Å². The fourth-order valence-corrected chi connectivity index (χ4v) is 1.22. The molecule has 0 aromatic heterocycles. The summed E-state index contributed by atoms with van der Waals surface area (Å²) in [5, 5.41) is 5.88. The lowest BCUT2D eigenvalue weighted by atomic mass is 10.2. The van der Waals surface area contributed by atoms with E-state index in [0.717, 1.165) is 18.7 Å². The van der Waals surface area contributed by atoms with Gasteiger partial charge in [0, 0.05) is 5.69 Å². The number of amides is 1. The van der Waals surface area contributed by atoms with Gasteiger partial charge in [-0.05, 0) is 32.0 Å². The minimum Gasteiger partial charge on any atom is -0.325 e. The van der Waals surface area contributed by atoms with Crippen molar-refractivity contribution >= 4 is 11.6 Å². The number of benzene rings is 1. The molecule has 1 aromatic carbocycles. The van der Waals surface area contributed by atoms with Crippen molar-refractivity contribution in [2.45, 2.75) is 20.3 Å². The number of carbonyl (C=O) groups is 1. The fraction of sp³-hybridized carbons (Fsp3) is 0.417. The third kappa shape index (κ3) is 4.61. The zero-order valence-corrected chi connectivity index (χ0v) is 9.34. The Balaban J connectivity index is 2.34. The Morgan fingerprint density at radius 2 is 1.93 bits per heavy atom. The van der Waals surface area contributed by atoms with E-state index in [4.69, 9.17) is 0 Å². The van der Waals surface area contributed by atoms with Gasteiger partial charge in [0.2, 0.25) is 5.91 Å². The SMILES string of the molecule is CCCNCC(=O)Nc1ccc(C)cc1. The first-order valence-electron chi connectivity index (χ1n) is 5.29. The molecule has 15 heavy (non-hydrogen) atoms. The van der Waals surface area contributed by atoms with Crippen molar-refractivity contribution in [1.82, 2.24) is 5.32 Å². The average molecular weight is 206 g/mol. The molecule has 1 amide bonds. The van der Waals surface area contributed by atoms with Gasteiger partial charge in [0.25, 0.3) is 0 Å². The summed E-state index contributed by atoms with van der Waals surface area (Å²) in [6, 6.07) is 7.78. The molecule has 0 bridgehead atoms. The maximum atomic E-state index is 11.4. The van der Waals surface area contributed by atoms with Crippen molar-refractivity contribution in [1.29, 1.82) is 0 Å². The quantitative estimate of drug-likeness (QED) is 0.723. The van der Waals surface area contributed by atoms with Crippen LogP contribution >= 0.6 is 0 Å². The maximum Gasteiger partial charge on any atom is 0.238 e. The van der Waals surface area contributed by atoms with Crippen molar-refractivity contribution < 1.29 is 4.79 Å². The Morgan fingerprint density at radius 3 is 2.53 bits per heavy atom. The third-order valence-electron chi connectivity index (χ3n) is 2.05. The molecule has 3 heteroatoms. The predicted octanol–water partition coefficient (Wildman–Crippen LogP) is 1.93. The van der Waals surface area contributed by atoms with E-state index in [1.54, 1.807) is 0 Å². The summed E-state index contributed by atoms with van der Waals surface area (Å²) in [6.45, 7) is 5.35. The first-order chi connectivity index (χ1) is 7.22. The standard InChI is InChI=1S/C12H18N2O/c1-3-8-13-9-12(15)14-11-6-4-10(2)5-7-11/h4-7,13H,3,8-9H2,1-2H3,(H,14,15). The van der Waals surface area contributed by atoms with Crippen molar-refractivity contribution in [2.75, 3.05) is 18.4 Å². The van der Waals surface area contributed by atoms with Crippen molar-refractivity contribution in [3.63, 3.8) is 0 Å². The lowest BCUT2D eigenvalue weighted by molar-refractivity contribution is -0.115. The molecule has 1 aromatic rings. The summed E-state index contributed by atoms with van der Waals surface area (Å²) in [7, 11) is 0. The lowest BCUT2D eigenvalue weighted by Gasteiger charge is -2.06. The summed E-state index contributed by atoms with van der Waals surface area (Å²) in [5.74, 6) is 0.00676. The molecule has 0 unspecified atom stereocenters. The van der Waals surface area contributed by atoms with Crippen LogP contribution in [-0.4, -0.2) is 19.0 Å². The van der Waals surface area contributed by atoms with Gasteiger partial charge in [0.15, 0.2) is 0 Å². The lowest BCUT2D eigenvalue weighted by Crippen LogP contribution is -2.28. The molecule has 82 valence electrons. The van der Waals surface area contributed by atoms with Crippen molar-refractivity contribution in [2.24, 2.45) is 0 Å². The van der Waals surface area contributed by atoms with Gasteiger partial charge in [0.1, 0.15) is 0 Å². The van der Waals surface area contributed by atoms with Crippen LogP contribution < -0.4 is 10.6 Å². The van der Waals surface area contributed by atoms with E-state index in [0.29, 0.717) is 6.54 Å². The van der Waals surface area contributed by atoms with Gasteiger partial charge in [0.05, 0.1) is 6.54 Å². The molecule has 2 N–H and O–H groups in total. The molecule has 0 aliphatic carbocycles. The van der Waals surface area contributed by atoms with E-state index >= 15 is 0 Å². The minimum absolute atomic E-state index is 0.00676. The summed E-state index contributed by atoms with van der Waals surface area (Å²) >= 11 is 0. The highest BCUT2D eigenvalue weighted by Gasteiger charge is 2.00. The number of hydrogen-bond acceptors (Lipinski definition) is 2. The molecule has 0 saturated heterocycles. The van der Waals surface area contributed by atoms with Crippen LogP contribution in [0, 0.1) is 6.92 Å². The number of anilines is 1. The largest absolute Gasteiger partial charge is 0.325 e. The first-order valence-corrected chi connectivity index (χ1v) is 5.29. The molecule has 0 radical (unpaired) electrons. The molecular formula is C12H18N2O. The normalized spacial score (nSPS) is 10.0. The monoisotopic (exact) mass is 206 g/mol. The zero-order valence-electron chi connectivity index (χ0n) is 9.34. The van der Waals surface area contributed by atoms with Crippen molar-refractivity contribution in [3.05, 3.63) is 29.8 Å². The highest BCUT2D eigenvalue weighted by molar-refractivity contribution is 5.92. The summed E-state index contributed by atoms with van der Waals surface area (Å²) in [6.07, 6.45) is 1.04. The smallest absolute Gasteiger partial charge is 0.238 e. The molecule has 0 heterocycles. The second kappa shape index (κ2) is 6.19. The van der Waals surface area contributed by atoms with Gasteiger partial charge < -0.3 is 10.6 Å². The summed E-state index contributed by atoms with van der Waals surface area (Å²) < 4.78 is 0.